The highest BCUT2D eigenvalue weighted by Crippen LogP contribution is 2.21. The predicted octanol–water partition coefficient (Wildman–Crippen LogP) is 2.50. The van der Waals surface area contributed by atoms with Crippen LogP contribution in [0.2, 0.25) is 0 Å². The molecule has 0 radical (unpaired) electrons. The van der Waals surface area contributed by atoms with Gasteiger partial charge in [-0.15, -0.1) is 0 Å². The van der Waals surface area contributed by atoms with Gasteiger partial charge in [-0.1, -0.05) is 18.2 Å². The molecule has 1 N–H and O–H groups in total. The zero-order valence-corrected chi connectivity index (χ0v) is 13.6. The number of nitrogens with one attached hydrogen (secondary N) is 1. The van der Waals surface area contributed by atoms with Gasteiger partial charge in [0, 0.05) is 43.3 Å². The van der Waals surface area contributed by atoms with Crippen molar-refractivity contribution in [3.8, 4) is 0 Å². The van der Waals surface area contributed by atoms with Crippen molar-refractivity contribution in [1.29, 1.82) is 0 Å². The van der Waals surface area contributed by atoms with Gasteiger partial charge < -0.3 is 10.2 Å². The summed E-state index contributed by atoms with van der Waals surface area (Å²) in [6, 6.07) is 8.31. The molecule has 1 fully saturated rings. The Hall–Kier alpha value is -0.970. The van der Waals surface area contributed by atoms with E-state index in [0.29, 0.717) is 12.1 Å². The van der Waals surface area contributed by atoms with Crippen molar-refractivity contribution in [3.05, 3.63) is 35.6 Å². The number of halogens is 1. The van der Waals surface area contributed by atoms with Gasteiger partial charge in [0.2, 0.25) is 0 Å². The maximum Gasteiger partial charge on any atom is 0.127 e. The molecule has 0 aromatic heterocycles. The van der Waals surface area contributed by atoms with Gasteiger partial charge in [-0.3, -0.25) is 4.90 Å². The largest absolute Gasteiger partial charge is 0.313 e. The average molecular weight is 293 g/mol. The molecule has 0 spiro atoms. The Morgan fingerprint density at radius 2 is 1.86 bits per heavy atom. The minimum absolute atomic E-state index is 0.0801. The number of benzene rings is 1. The zero-order valence-electron chi connectivity index (χ0n) is 13.6. The van der Waals surface area contributed by atoms with Gasteiger partial charge in [-0.05, 0) is 40.4 Å². The molecule has 118 valence electrons. The summed E-state index contributed by atoms with van der Waals surface area (Å²) in [4.78, 5) is 4.93. The minimum Gasteiger partial charge on any atom is -0.313 e. The van der Waals surface area contributed by atoms with Gasteiger partial charge in [-0.25, -0.2) is 4.39 Å². The molecule has 3 atom stereocenters. The Morgan fingerprint density at radius 3 is 2.43 bits per heavy atom. The summed E-state index contributed by atoms with van der Waals surface area (Å²) < 4.78 is 13.9. The van der Waals surface area contributed by atoms with Crippen LogP contribution in [0.5, 0.6) is 0 Å². The van der Waals surface area contributed by atoms with Crippen LogP contribution in [-0.4, -0.2) is 55.6 Å². The van der Waals surface area contributed by atoms with Gasteiger partial charge in [0.25, 0.3) is 0 Å². The Bertz CT molecular complexity index is 439. The number of hydrogen-bond donors (Lipinski definition) is 1. The number of likely N-dealkylation sites (N-methyl/N-ethyl adjacent to an activating group) is 1. The van der Waals surface area contributed by atoms with Crippen LogP contribution in [0.3, 0.4) is 0 Å². The first-order valence-electron chi connectivity index (χ1n) is 7.89. The molecule has 1 aliphatic rings. The number of nitrogens with zero attached hydrogens (tertiary/aromatic N) is 2. The molecule has 0 bridgehead atoms. The van der Waals surface area contributed by atoms with Crippen LogP contribution < -0.4 is 5.32 Å². The molecule has 1 aromatic carbocycles. The van der Waals surface area contributed by atoms with Crippen LogP contribution in [0.4, 0.5) is 4.39 Å². The summed E-state index contributed by atoms with van der Waals surface area (Å²) in [5.74, 6) is -0.114. The van der Waals surface area contributed by atoms with Crippen molar-refractivity contribution in [2.45, 2.75) is 38.4 Å². The van der Waals surface area contributed by atoms with E-state index in [9.17, 15) is 4.39 Å². The lowest BCUT2D eigenvalue weighted by atomic mass is 10.0. The number of rotatable bonds is 5. The van der Waals surface area contributed by atoms with Gasteiger partial charge in [0.1, 0.15) is 5.82 Å². The van der Waals surface area contributed by atoms with Crippen LogP contribution in [0, 0.1) is 5.82 Å². The summed E-state index contributed by atoms with van der Waals surface area (Å²) in [5.41, 5.74) is 0.773. The van der Waals surface area contributed by atoms with Crippen molar-refractivity contribution >= 4 is 0 Å². The fourth-order valence-corrected chi connectivity index (χ4v) is 3.22. The zero-order chi connectivity index (χ0) is 15.4. The smallest absolute Gasteiger partial charge is 0.127 e. The highest BCUT2D eigenvalue weighted by Gasteiger charge is 2.26. The molecule has 2 rings (SSSR count). The van der Waals surface area contributed by atoms with Crippen LogP contribution in [0.1, 0.15) is 31.9 Å². The molecule has 0 saturated carbocycles. The molecule has 0 aliphatic carbocycles. The van der Waals surface area contributed by atoms with Crippen molar-refractivity contribution in [1.82, 2.24) is 15.1 Å². The van der Waals surface area contributed by atoms with Crippen LogP contribution in [-0.2, 0) is 0 Å². The SMILES string of the molecule is CNC(CCN1CC(C)N(C)C(C)C1)c1ccccc1F. The lowest BCUT2D eigenvalue weighted by Gasteiger charge is -2.42. The normalized spacial score (nSPS) is 26.0. The van der Waals surface area contributed by atoms with Gasteiger partial charge in [0.05, 0.1) is 0 Å². The summed E-state index contributed by atoms with van der Waals surface area (Å²) in [6.07, 6.45) is 0.931. The van der Waals surface area contributed by atoms with E-state index >= 15 is 0 Å². The average Bonchev–Trinajstić information content (AvgIpc) is 2.47. The van der Waals surface area contributed by atoms with E-state index in [1.165, 1.54) is 0 Å². The predicted molar refractivity (Wildman–Crippen MR) is 85.9 cm³/mol. The molecule has 3 nitrogen and oxygen atoms in total. The first-order chi connectivity index (χ1) is 10.0. The third-order valence-corrected chi connectivity index (χ3v) is 4.80. The molecule has 3 unspecified atom stereocenters. The lowest BCUT2D eigenvalue weighted by Crippen LogP contribution is -2.55. The molecule has 0 amide bonds. The maximum atomic E-state index is 13.9. The molecule has 1 aromatic rings. The second kappa shape index (κ2) is 7.34. The van der Waals surface area contributed by atoms with E-state index in [1.54, 1.807) is 12.1 Å². The van der Waals surface area contributed by atoms with E-state index in [2.05, 4.69) is 36.0 Å². The highest BCUT2D eigenvalue weighted by atomic mass is 19.1. The van der Waals surface area contributed by atoms with Crippen molar-refractivity contribution in [3.63, 3.8) is 0 Å². The minimum atomic E-state index is -0.114. The summed E-state index contributed by atoms with van der Waals surface area (Å²) in [7, 11) is 4.11. The molecule has 1 heterocycles. The van der Waals surface area contributed by atoms with Crippen molar-refractivity contribution in [2.24, 2.45) is 0 Å². The Labute approximate surface area is 128 Å². The second-order valence-electron chi connectivity index (χ2n) is 6.27. The monoisotopic (exact) mass is 293 g/mol. The summed E-state index contributed by atoms with van der Waals surface area (Å²) in [6.45, 7) is 7.73. The standard InChI is InChI=1S/C17H28FN3/c1-13-11-21(12-14(2)20(13)4)10-9-17(19-3)15-7-5-6-8-16(15)18/h5-8,13-14,17,19H,9-12H2,1-4H3. The molecule has 1 saturated heterocycles. The second-order valence-corrected chi connectivity index (χ2v) is 6.27. The van der Waals surface area contributed by atoms with E-state index in [1.807, 2.05) is 19.2 Å². The molecular weight excluding hydrogens is 265 g/mol. The van der Waals surface area contributed by atoms with E-state index in [0.717, 1.165) is 31.6 Å². The van der Waals surface area contributed by atoms with E-state index < -0.39 is 0 Å². The van der Waals surface area contributed by atoms with Crippen molar-refractivity contribution < 1.29 is 4.39 Å². The van der Waals surface area contributed by atoms with Crippen molar-refractivity contribution in [2.75, 3.05) is 33.7 Å². The lowest BCUT2D eigenvalue weighted by molar-refractivity contribution is 0.0578. The first-order valence-corrected chi connectivity index (χ1v) is 7.89. The molecule has 1 aliphatic heterocycles. The van der Waals surface area contributed by atoms with Gasteiger partial charge in [-0.2, -0.15) is 0 Å². The fourth-order valence-electron chi connectivity index (χ4n) is 3.22. The van der Waals surface area contributed by atoms with Crippen LogP contribution in [0.15, 0.2) is 24.3 Å². The van der Waals surface area contributed by atoms with Crippen LogP contribution in [0.25, 0.3) is 0 Å². The molecular formula is C17H28FN3. The van der Waals surface area contributed by atoms with E-state index in [-0.39, 0.29) is 11.9 Å². The fraction of sp³-hybridized carbons (Fsp3) is 0.647. The summed E-state index contributed by atoms with van der Waals surface area (Å²) in [5, 5.41) is 3.25. The third-order valence-electron chi connectivity index (χ3n) is 4.80. The maximum absolute atomic E-state index is 13.9. The van der Waals surface area contributed by atoms with Gasteiger partial charge in [0.15, 0.2) is 0 Å². The third kappa shape index (κ3) is 4.02. The first kappa shape index (κ1) is 16.4. The summed E-state index contributed by atoms with van der Waals surface area (Å²) >= 11 is 0. The number of piperazine rings is 1. The Kier molecular flexibility index (Phi) is 5.73. The topological polar surface area (TPSA) is 18.5 Å². The van der Waals surface area contributed by atoms with Crippen LogP contribution >= 0.6 is 0 Å². The highest BCUT2D eigenvalue weighted by molar-refractivity contribution is 5.21. The molecule has 4 heteroatoms. The Morgan fingerprint density at radius 1 is 1.24 bits per heavy atom. The molecule has 21 heavy (non-hydrogen) atoms. The van der Waals surface area contributed by atoms with E-state index in [4.69, 9.17) is 0 Å². The Balaban J connectivity index is 1.93. The number of hydrogen-bond acceptors (Lipinski definition) is 3. The van der Waals surface area contributed by atoms with Gasteiger partial charge >= 0.3 is 0 Å². The quantitative estimate of drug-likeness (QED) is 0.900.